The van der Waals surface area contributed by atoms with Gasteiger partial charge in [0.05, 0.1) is 16.8 Å². The third kappa shape index (κ3) is 5.26. The number of H-pyrrole nitrogens is 1. The number of carbonyl (C=O) groups is 2. The lowest BCUT2D eigenvalue weighted by atomic mass is 10.0. The van der Waals surface area contributed by atoms with Gasteiger partial charge in [0.25, 0.3) is 0 Å². The predicted molar refractivity (Wildman–Crippen MR) is 119 cm³/mol. The number of nitrogen functional groups attached to an aromatic ring is 1. The van der Waals surface area contributed by atoms with E-state index in [0.717, 1.165) is 25.8 Å². The summed E-state index contributed by atoms with van der Waals surface area (Å²) in [6.45, 7) is 2.08. The Morgan fingerprint density at radius 1 is 1.10 bits per heavy atom. The molecule has 152 valence electrons. The number of aromatic amines is 1. The summed E-state index contributed by atoms with van der Waals surface area (Å²) in [5.74, 6) is -2.45. The largest absolute Gasteiger partial charge is 0.478 e. The van der Waals surface area contributed by atoms with Gasteiger partial charge in [-0.15, -0.1) is 0 Å². The Bertz CT molecular complexity index is 1050. The number of halogens is 2. The number of nitrogens with one attached hydrogen (secondary N) is 1. The third-order valence-electron chi connectivity index (χ3n) is 4.12. The highest BCUT2D eigenvalue weighted by atomic mass is 79.9. The van der Waals surface area contributed by atoms with E-state index in [1.54, 1.807) is 6.92 Å². The number of aryl methyl sites for hydroxylation is 1. The number of anilines is 1. The minimum atomic E-state index is -1.23. The van der Waals surface area contributed by atoms with E-state index in [-0.39, 0.29) is 16.8 Å². The molecule has 0 aliphatic heterocycles. The molecule has 29 heavy (non-hydrogen) atoms. The van der Waals surface area contributed by atoms with Crippen molar-refractivity contribution in [3.63, 3.8) is 0 Å². The van der Waals surface area contributed by atoms with Gasteiger partial charge in [-0.1, -0.05) is 37.9 Å². The number of nitrogens with two attached hydrogens (primary N) is 2. The minimum Gasteiger partial charge on any atom is -0.478 e. The summed E-state index contributed by atoms with van der Waals surface area (Å²) in [6.07, 6.45) is 1.91. The second-order valence-corrected chi connectivity index (χ2v) is 7.81. The first-order valence-electron chi connectivity index (χ1n) is 8.34. The van der Waals surface area contributed by atoms with Crippen molar-refractivity contribution in [3.8, 4) is 11.3 Å². The van der Waals surface area contributed by atoms with Crippen LogP contribution in [0.5, 0.6) is 0 Å². The quantitative estimate of drug-likeness (QED) is 0.314. The smallest absolute Gasteiger partial charge is 0.338 e. The van der Waals surface area contributed by atoms with Crippen molar-refractivity contribution in [1.82, 2.24) is 4.98 Å². The van der Waals surface area contributed by atoms with Gasteiger partial charge in [0.15, 0.2) is 0 Å². The summed E-state index contributed by atoms with van der Waals surface area (Å²) in [5, 5.41) is 17.5. The molecular weight excluding hydrogens is 506 g/mol. The Hall–Kier alpha value is -2.62. The van der Waals surface area contributed by atoms with E-state index in [1.165, 1.54) is 12.1 Å². The summed E-state index contributed by atoms with van der Waals surface area (Å²) in [7, 11) is 0. The van der Waals surface area contributed by atoms with Gasteiger partial charge in [-0.25, -0.2) is 9.59 Å². The molecule has 1 aromatic heterocycles. The lowest BCUT2D eigenvalue weighted by molar-refractivity contribution is 0.0695. The molecule has 0 aliphatic rings. The van der Waals surface area contributed by atoms with E-state index in [4.69, 9.17) is 21.7 Å². The van der Waals surface area contributed by atoms with Crippen LogP contribution in [0.15, 0.2) is 51.5 Å². The molecule has 0 amide bonds. The molecule has 3 rings (SSSR count). The molecule has 0 atom stereocenters. The maximum Gasteiger partial charge on any atom is 0.338 e. The van der Waals surface area contributed by atoms with Crippen molar-refractivity contribution in [3.05, 3.63) is 73.8 Å². The van der Waals surface area contributed by atoms with Gasteiger partial charge in [0, 0.05) is 32.9 Å². The Kier molecular flexibility index (Phi) is 7.60. The zero-order valence-corrected chi connectivity index (χ0v) is 18.5. The van der Waals surface area contributed by atoms with Crippen molar-refractivity contribution in [2.45, 2.75) is 13.5 Å². The molecule has 0 fully saturated rings. The van der Waals surface area contributed by atoms with Crippen molar-refractivity contribution >= 4 is 49.5 Å². The first-order valence-corrected chi connectivity index (χ1v) is 9.93. The van der Waals surface area contributed by atoms with Crippen LogP contribution >= 0.6 is 31.9 Å². The molecule has 2 aromatic carbocycles. The van der Waals surface area contributed by atoms with Gasteiger partial charge in [-0.3, -0.25) is 0 Å². The van der Waals surface area contributed by atoms with Crippen LogP contribution in [-0.2, 0) is 6.54 Å². The SMILES string of the molecule is Cc1ccc(C(=O)O)c(N)c1C(=O)O.NCc1cc(Br)cc(Br)c1-c1ccc[nH]1. The van der Waals surface area contributed by atoms with Crippen LogP contribution in [0.25, 0.3) is 11.3 Å². The molecular formula is C20H19Br2N3O4. The summed E-state index contributed by atoms with van der Waals surface area (Å²) in [4.78, 5) is 24.6. The molecule has 0 aliphatic carbocycles. The molecule has 3 aromatic rings. The maximum atomic E-state index is 10.7. The first kappa shape index (κ1) is 22.7. The molecule has 0 unspecified atom stereocenters. The second kappa shape index (κ2) is 9.73. The Morgan fingerprint density at radius 2 is 1.79 bits per heavy atom. The lowest BCUT2D eigenvalue weighted by Gasteiger charge is -2.09. The third-order valence-corrected chi connectivity index (χ3v) is 5.21. The zero-order chi connectivity index (χ0) is 21.7. The standard InChI is InChI=1S/C11H10Br2N2.C9H9NO4/c12-8-4-7(6-14)11(9(13)5-8)10-2-1-3-15-10;1-4-2-3-5(8(11)12)7(10)6(4)9(13)14/h1-5,15H,6,14H2;2-3H,10H2,1H3,(H,11,12)(H,13,14). The fraction of sp³-hybridized carbons (Fsp3) is 0.100. The topological polar surface area (TPSA) is 142 Å². The highest BCUT2D eigenvalue weighted by Gasteiger charge is 2.17. The number of aromatic nitrogens is 1. The van der Waals surface area contributed by atoms with Crippen molar-refractivity contribution in [2.24, 2.45) is 5.73 Å². The fourth-order valence-electron chi connectivity index (χ4n) is 2.77. The van der Waals surface area contributed by atoms with Crippen molar-refractivity contribution < 1.29 is 19.8 Å². The Labute approximate surface area is 184 Å². The molecule has 0 bridgehead atoms. The second-order valence-electron chi connectivity index (χ2n) is 6.04. The molecule has 7 N–H and O–H groups in total. The maximum absolute atomic E-state index is 10.7. The number of benzene rings is 2. The van der Waals surface area contributed by atoms with Gasteiger partial charge < -0.3 is 26.7 Å². The van der Waals surface area contributed by atoms with Gasteiger partial charge >= 0.3 is 11.9 Å². The normalized spacial score (nSPS) is 10.2. The summed E-state index contributed by atoms with van der Waals surface area (Å²) < 4.78 is 2.07. The molecule has 0 radical (unpaired) electrons. The van der Waals surface area contributed by atoms with Gasteiger partial charge in [-0.2, -0.15) is 0 Å². The number of rotatable bonds is 4. The Balaban J connectivity index is 0.000000208. The average Bonchev–Trinajstić information content (AvgIpc) is 3.15. The van der Waals surface area contributed by atoms with E-state index in [1.807, 2.05) is 30.5 Å². The van der Waals surface area contributed by atoms with Gasteiger partial charge in [0.1, 0.15) is 0 Å². The zero-order valence-electron chi connectivity index (χ0n) is 15.4. The number of carboxylic acids is 2. The molecule has 0 saturated heterocycles. The fourth-order valence-corrected chi connectivity index (χ4v) is 4.30. The highest BCUT2D eigenvalue weighted by Crippen LogP contribution is 2.33. The summed E-state index contributed by atoms with van der Waals surface area (Å²) in [6, 6.07) is 10.8. The summed E-state index contributed by atoms with van der Waals surface area (Å²) >= 11 is 7.01. The average molecular weight is 525 g/mol. The van der Waals surface area contributed by atoms with Gasteiger partial charge in [0.2, 0.25) is 0 Å². The Morgan fingerprint density at radius 3 is 2.31 bits per heavy atom. The van der Waals surface area contributed by atoms with Crippen LogP contribution in [0.1, 0.15) is 31.8 Å². The van der Waals surface area contributed by atoms with Crippen LogP contribution in [0.3, 0.4) is 0 Å². The lowest BCUT2D eigenvalue weighted by Crippen LogP contribution is -2.10. The predicted octanol–water partition coefficient (Wildman–Crippen LogP) is 4.64. The molecule has 0 spiro atoms. The van der Waals surface area contributed by atoms with E-state index in [9.17, 15) is 9.59 Å². The van der Waals surface area contributed by atoms with E-state index in [2.05, 4.69) is 36.8 Å². The van der Waals surface area contributed by atoms with E-state index < -0.39 is 11.9 Å². The van der Waals surface area contributed by atoms with Gasteiger partial charge in [-0.05, 0) is 48.4 Å². The van der Waals surface area contributed by atoms with Crippen molar-refractivity contribution in [2.75, 3.05) is 5.73 Å². The number of hydrogen-bond acceptors (Lipinski definition) is 4. The van der Waals surface area contributed by atoms with Crippen LogP contribution < -0.4 is 11.5 Å². The molecule has 1 heterocycles. The monoisotopic (exact) mass is 523 g/mol. The number of carboxylic acid groups (broad SMARTS) is 2. The van der Waals surface area contributed by atoms with Crippen molar-refractivity contribution in [1.29, 1.82) is 0 Å². The van der Waals surface area contributed by atoms with E-state index in [0.29, 0.717) is 12.1 Å². The molecule has 7 nitrogen and oxygen atoms in total. The molecule has 0 saturated carbocycles. The minimum absolute atomic E-state index is 0.148. The van der Waals surface area contributed by atoms with Crippen LogP contribution in [-0.4, -0.2) is 27.1 Å². The number of hydrogen-bond donors (Lipinski definition) is 5. The van der Waals surface area contributed by atoms with E-state index >= 15 is 0 Å². The highest BCUT2D eigenvalue weighted by molar-refractivity contribution is 9.11. The van der Waals surface area contributed by atoms with Crippen LogP contribution in [0, 0.1) is 6.92 Å². The van der Waals surface area contributed by atoms with Crippen LogP contribution in [0.2, 0.25) is 0 Å². The summed E-state index contributed by atoms with van der Waals surface area (Å²) in [5.41, 5.74) is 14.4. The molecule has 9 heteroatoms. The first-order chi connectivity index (χ1) is 13.7. The number of aromatic carboxylic acids is 2. The van der Waals surface area contributed by atoms with Crippen LogP contribution in [0.4, 0.5) is 5.69 Å².